The Balaban J connectivity index is 2.71. The van der Waals surface area contributed by atoms with Crippen molar-refractivity contribution in [2.45, 2.75) is 32.9 Å². The van der Waals surface area contributed by atoms with Gasteiger partial charge < -0.3 is 15.2 Å². The summed E-state index contributed by atoms with van der Waals surface area (Å²) in [5.74, 6) is -0.455. The summed E-state index contributed by atoms with van der Waals surface area (Å²) >= 11 is 0. The SMILES string of the molecule is CC(C)(C)OC(=O)NCc1cccc([N+](=O)[O-])c1O. The van der Waals surface area contributed by atoms with Crippen LogP contribution in [0.15, 0.2) is 18.2 Å². The van der Waals surface area contributed by atoms with Crippen LogP contribution in [0.5, 0.6) is 5.75 Å². The van der Waals surface area contributed by atoms with Crippen molar-refractivity contribution in [3.63, 3.8) is 0 Å². The molecule has 1 aromatic rings. The summed E-state index contributed by atoms with van der Waals surface area (Å²) in [6, 6.07) is 4.11. The summed E-state index contributed by atoms with van der Waals surface area (Å²) in [5.41, 5.74) is -0.780. The molecule has 0 saturated carbocycles. The summed E-state index contributed by atoms with van der Waals surface area (Å²) in [7, 11) is 0. The van der Waals surface area contributed by atoms with Crippen LogP contribution >= 0.6 is 0 Å². The Bertz CT molecular complexity index is 493. The number of nitro benzene ring substituents is 1. The second-order valence-electron chi connectivity index (χ2n) is 4.90. The molecule has 0 fully saturated rings. The summed E-state index contributed by atoms with van der Waals surface area (Å²) in [4.78, 5) is 21.4. The largest absolute Gasteiger partial charge is 0.502 e. The molecule has 1 amide bonds. The number of phenols is 1. The van der Waals surface area contributed by atoms with Gasteiger partial charge in [-0.15, -0.1) is 0 Å². The highest BCUT2D eigenvalue weighted by Crippen LogP contribution is 2.29. The van der Waals surface area contributed by atoms with Crippen LogP contribution in [-0.4, -0.2) is 21.7 Å². The average molecular weight is 268 g/mol. The zero-order valence-electron chi connectivity index (χ0n) is 11.0. The molecule has 0 bridgehead atoms. The van der Waals surface area contributed by atoms with Gasteiger partial charge in [-0.2, -0.15) is 0 Å². The highest BCUT2D eigenvalue weighted by molar-refractivity contribution is 5.68. The second kappa shape index (κ2) is 5.55. The normalized spacial score (nSPS) is 10.9. The molecule has 0 spiro atoms. The number of para-hydroxylation sites is 1. The van der Waals surface area contributed by atoms with Gasteiger partial charge >= 0.3 is 11.8 Å². The molecular weight excluding hydrogens is 252 g/mol. The Hall–Kier alpha value is -2.31. The molecule has 7 heteroatoms. The van der Waals surface area contributed by atoms with Crippen LogP contribution in [0.3, 0.4) is 0 Å². The van der Waals surface area contributed by atoms with E-state index >= 15 is 0 Å². The van der Waals surface area contributed by atoms with E-state index in [-0.39, 0.29) is 12.1 Å². The first-order chi connectivity index (χ1) is 8.70. The molecule has 2 N–H and O–H groups in total. The molecule has 0 aliphatic rings. The fraction of sp³-hybridized carbons (Fsp3) is 0.417. The van der Waals surface area contributed by atoms with Gasteiger partial charge in [-0.3, -0.25) is 10.1 Å². The van der Waals surface area contributed by atoms with Crippen molar-refractivity contribution >= 4 is 11.8 Å². The minimum Gasteiger partial charge on any atom is -0.502 e. The molecule has 1 aromatic carbocycles. The Kier molecular flexibility index (Phi) is 4.31. The number of ether oxygens (including phenoxy) is 1. The molecule has 0 heterocycles. The van der Waals surface area contributed by atoms with E-state index in [4.69, 9.17) is 4.74 Å². The topological polar surface area (TPSA) is 102 Å². The lowest BCUT2D eigenvalue weighted by Gasteiger charge is -2.19. The predicted octanol–water partition coefficient (Wildman–Crippen LogP) is 2.33. The van der Waals surface area contributed by atoms with Crippen molar-refractivity contribution in [2.24, 2.45) is 0 Å². The number of phenolic OH excluding ortho intramolecular Hbond substituents is 1. The highest BCUT2D eigenvalue weighted by Gasteiger charge is 2.19. The van der Waals surface area contributed by atoms with E-state index in [1.54, 1.807) is 20.8 Å². The average Bonchev–Trinajstić information content (AvgIpc) is 2.24. The third-order valence-corrected chi connectivity index (χ3v) is 2.12. The van der Waals surface area contributed by atoms with Crippen LogP contribution in [0.25, 0.3) is 0 Å². The quantitative estimate of drug-likeness (QED) is 0.647. The third-order valence-electron chi connectivity index (χ3n) is 2.12. The Morgan fingerprint density at radius 2 is 2.11 bits per heavy atom. The zero-order chi connectivity index (χ0) is 14.6. The molecule has 0 radical (unpaired) electrons. The van der Waals surface area contributed by atoms with E-state index in [1.165, 1.54) is 18.2 Å². The van der Waals surface area contributed by atoms with Crippen LogP contribution in [-0.2, 0) is 11.3 Å². The van der Waals surface area contributed by atoms with E-state index in [0.29, 0.717) is 0 Å². The first-order valence-corrected chi connectivity index (χ1v) is 5.63. The number of nitrogens with one attached hydrogen (secondary N) is 1. The van der Waals surface area contributed by atoms with E-state index in [9.17, 15) is 20.0 Å². The van der Waals surface area contributed by atoms with Gasteiger partial charge in [0.05, 0.1) is 11.5 Å². The van der Waals surface area contributed by atoms with Crippen LogP contribution in [0.1, 0.15) is 26.3 Å². The molecule has 0 aliphatic carbocycles. The van der Waals surface area contributed by atoms with Gasteiger partial charge in [0.25, 0.3) is 0 Å². The van der Waals surface area contributed by atoms with Gasteiger partial charge in [0.15, 0.2) is 5.75 Å². The van der Waals surface area contributed by atoms with Gasteiger partial charge in [0.1, 0.15) is 5.60 Å². The van der Waals surface area contributed by atoms with E-state index in [1.807, 2.05) is 0 Å². The lowest BCUT2D eigenvalue weighted by atomic mass is 10.1. The van der Waals surface area contributed by atoms with Crippen molar-refractivity contribution in [3.8, 4) is 5.75 Å². The molecule has 104 valence electrons. The lowest BCUT2D eigenvalue weighted by Crippen LogP contribution is -2.32. The van der Waals surface area contributed by atoms with E-state index in [0.717, 1.165) is 0 Å². The maximum atomic E-state index is 11.4. The second-order valence-corrected chi connectivity index (χ2v) is 4.90. The third kappa shape index (κ3) is 4.46. The maximum absolute atomic E-state index is 11.4. The molecule has 19 heavy (non-hydrogen) atoms. The zero-order valence-corrected chi connectivity index (χ0v) is 11.0. The number of amides is 1. The fourth-order valence-electron chi connectivity index (χ4n) is 1.35. The number of nitrogens with zero attached hydrogens (tertiary/aromatic N) is 1. The standard InChI is InChI=1S/C12H16N2O5/c1-12(2,3)19-11(16)13-7-8-5-4-6-9(10(8)15)14(17)18/h4-6,15H,7H2,1-3H3,(H,13,16). The number of aromatic hydroxyl groups is 1. The Morgan fingerprint density at radius 1 is 1.47 bits per heavy atom. The molecule has 0 atom stereocenters. The van der Waals surface area contributed by atoms with Crippen molar-refractivity contribution < 1.29 is 19.6 Å². The van der Waals surface area contributed by atoms with E-state index in [2.05, 4.69) is 5.32 Å². The summed E-state index contributed by atoms with van der Waals surface area (Å²) in [6.45, 7) is 5.11. The Labute approximate surface area is 110 Å². The summed E-state index contributed by atoms with van der Waals surface area (Å²) in [6.07, 6.45) is -0.654. The fourth-order valence-corrected chi connectivity index (χ4v) is 1.35. The number of nitro groups is 1. The van der Waals surface area contributed by atoms with Crippen LogP contribution < -0.4 is 5.32 Å². The van der Waals surface area contributed by atoms with E-state index < -0.39 is 28.1 Å². The number of hydrogen-bond acceptors (Lipinski definition) is 5. The van der Waals surface area contributed by atoms with Crippen molar-refractivity contribution in [3.05, 3.63) is 33.9 Å². The summed E-state index contributed by atoms with van der Waals surface area (Å²) in [5, 5.41) is 22.7. The van der Waals surface area contributed by atoms with Crippen LogP contribution in [0.2, 0.25) is 0 Å². The molecular formula is C12H16N2O5. The number of alkyl carbamates (subject to hydrolysis) is 1. The number of benzene rings is 1. The number of carbonyl (C=O) groups is 1. The number of carbonyl (C=O) groups excluding carboxylic acids is 1. The van der Waals surface area contributed by atoms with Crippen LogP contribution in [0, 0.1) is 10.1 Å². The summed E-state index contributed by atoms with van der Waals surface area (Å²) < 4.78 is 5.01. The van der Waals surface area contributed by atoms with Gasteiger partial charge in [-0.25, -0.2) is 4.79 Å². The van der Waals surface area contributed by atoms with Crippen molar-refractivity contribution in [2.75, 3.05) is 0 Å². The minimum absolute atomic E-state index is 0.0531. The molecule has 0 aromatic heterocycles. The van der Waals surface area contributed by atoms with Crippen molar-refractivity contribution in [1.82, 2.24) is 5.32 Å². The van der Waals surface area contributed by atoms with Gasteiger partial charge in [0.2, 0.25) is 0 Å². The Morgan fingerprint density at radius 3 is 2.63 bits per heavy atom. The smallest absolute Gasteiger partial charge is 0.407 e. The number of hydrogen-bond donors (Lipinski definition) is 2. The monoisotopic (exact) mass is 268 g/mol. The molecule has 0 aliphatic heterocycles. The first kappa shape index (κ1) is 14.7. The van der Waals surface area contributed by atoms with Crippen molar-refractivity contribution in [1.29, 1.82) is 0 Å². The lowest BCUT2D eigenvalue weighted by molar-refractivity contribution is -0.385. The number of rotatable bonds is 3. The first-order valence-electron chi connectivity index (χ1n) is 5.63. The molecule has 7 nitrogen and oxygen atoms in total. The van der Waals surface area contributed by atoms with Gasteiger partial charge in [0, 0.05) is 11.6 Å². The maximum Gasteiger partial charge on any atom is 0.407 e. The molecule has 0 unspecified atom stereocenters. The van der Waals surface area contributed by atoms with Crippen LogP contribution in [0.4, 0.5) is 10.5 Å². The minimum atomic E-state index is -0.688. The highest BCUT2D eigenvalue weighted by atomic mass is 16.6. The molecule has 1 rings (SSSR count). The predicted molar refractivity (Wildman–Crippen MR) is 67.8 cm³/mol. The van der Waals surface area contributed by atoms with Gasteiger partial charge in [-0.05, 0) is 20.8 Å². The molecule has 0 saturated heterocycles. The van der Waals surface area contributed by atoms with Gasteiger partial charge in [-0.1, -0.05) is 12.1 Å².